The molecular weight excluding hydrogens is 277 g/mol. The molecule has 0 bridgehead atoms. The van der Waals surface area contributed by atoms with Gasteiger partial charge in [0.05, 0.1) is 25.9 Å². The summed E-state index contributed by atoms with van der Waals surface area (Å²) in [6, 6.07) is 3.82. The van der Waals surface area contributed by atoms with Gasteiger partial charge in [-0.3, -0.25) is 0 Å². The van der Waals surface area contributed by atoms with Gasteiger partial charge in [-0.15, -0.1) is 0 Å². The third-order valence-electron chi connectivity index (χ3n) is 2.78. The summed E-state index contributed by atoms with van der Waals surface area (Å²) >= 11 is 0. The minimum Gasteiger partial charge on any atom is -0.494 e. The van der Waals surface area contributed by atoms with Crippen LogP contribution in [0.2, 0.25) is 0 Å². The van der Waals surface area contributed by atoms with Gasteiger partial charge >= 0.3 is 0 Å². The predicted octanol–water partition coefficient (Wildman–Crippen LogP) is 2.31. The lowest BCUT2D eigenvalue weighted by atomic mass is 10.2. The normalized spacial score (nSPS) is 12.7. The molecule has 0 aliphatic heterocycles. The van der Waals surface area contributed by atoms with Crippen molar-refractivity contribution in [2.24, 2.45) is 5.73 Å². The standard InChI is InChI=1S/C14H18FN3O3/c1-8(2)20-7-11(16)13-17-14(21-18-13)9-4-5-10(15)12(6-9)19-3/h4-6,8,11H,7,16H2,1-3H3. The predicted molar refractivity (Wildman–Crippen MR) is 74.3 cm³/mol. The van der Waals surface area contributed by atoms with Crippen molar-refractivity contribution in [1.29, 1.82) is 0 Å². The highest BCUT2D eigenvalue weighted by atomic mass is 19.1. The molecule has 6 nitrogen and oxygen atoms in total. The second-order valence-corrected chi connectivity index (χ2v) is 4.80. The van der Waals surface area contributed by atoms with Crippen molar-refractivity contribution in [3.8, 4) is 17.2 Å². The molecule has 0 fully saturated rings. The Kier molecular flexibility index (Phi) is 4.87. The summed E-state index contributed by atoms with van der Waals surface area (Å²) in [4.78, 5) is 4.20. The van der Waals surface area contributed by atoms with Crippen LogP contribution in [-0.2, 0) is 4.74 Å². The van der Waals surface area contributed by atoms with E-state index in [1.807, 2.05) is 13.8 Å². The summed E-state index contributed by atoms with van der Waals surface area (Å²) in [5.41, 5.74) is 6.48. The molecule has 1 aromatic carbocycles. The van der Waals surface area contributed by atoms with Crippen molar-refractivity contribution in [2.45, 2.75) is 26.0 Å². The van der Waals surface area contributed by atoms with Crippen LogP contribution in [0.3, 0.4) is 0 Å². The Balaban J connectivity index is 2.16. The first-order chi connectivity index (χ1) is 10.0. The smallest absolute Gasteiger partial charge is 0.258 e. The highest BCUT2D eigenvalue weighted by molar-refractivity contribution is 5.56. The van der Waals surface area contributed by atoms with Crippen LogP contribution in [0.5, 0.6) is 5.75 Å². The molecule has 7 heteroatoms. The van der Waals surface area contributed by atoms with Gasteiger partial charge in [-0.05, 0) is 32.0 Å². The topological polar surface area (TPSA) is 83.4 Å². The van der Waals surface area contributed by atoms with Gasteiger partial charge in [0.1, 0.15) is 0 Å². The summed E-state index contributed by atoms with van der Waals surface area (Å²) in [6.07, 6.45) is 0.0729. The van der Waals surface area contributed by atoms with Crippen molar-refractivity contribution in [3.63, 3.8) is 0 Å². The van der Waals surface area contributed by atoms with E-state index < -0.39 is 11.9 Å². The molecule has 0 saturated heterocycles. The molecule has 1 atom stereocenters. The number of aromatic nitrogens is 2. The van der Waals surface area contributed by atoms with Gasteiger partial charge in [-0.2, -0.15) is 4.98 Å². The Morgan fingerprint density at radius 3 is 2.81 bits per heavy atom. The fourth-order valence-corrected chi connectivity index (χ4v) is 1.67. The SMILES string of the molecule is COc1cc(-c2nc(C(N)COC(C)C)no2)ccc1F. The molecule has 1 heterocycles. The van der Waals surface area contributed by atoms with Gasteiger partial charge in [0.2, 0.25) is 0 Å². The summed E-state index contributed by atoms with van der Waals surface area (Å²) in [6.45, 7) is 4.13. The molecule has 21 heavy (non-hydrogen) atoms. The van der Waals surface area contributed by atoms with Crippen molar-refractivity contribution in [2.75, 3.05) is 13.7 Å². The van der Waals surface area contributed by atoms with Gasteiger partial charge in [0.15, 0.2) is 17.4 Å². The van der Waals surface area contributed by atoms with Crippen LogP contribution in [-0.4, -0.2) is 30.0 Å². The second-order valence-electron chi connectivity index (χ2n) is 4.80. The number of ether oxygens (including phenoxy) is 2. The molecule has 114 valence electrons. The van der Waals surface area contributed by atoms with Gasteiger partial charge in [0, 0.05) is 5.56 Å². The summed E-state index contributed by atoms with van der Waals surface area (Å²) < 4.78 is 28.8. The molecule has 0 spiro atoms. The molecule has 2 N–H and O–H groups in total. The third kappa shape index (κ3) is 3.77. The molecule has 2 aromatic rings. The van der Waals surface area contributed by atoms with Crippen LogP contribution in [0.25, 0.3) is 11.5 Å². The number of hydrogen-bond acceptors (Lipinski definition) is 6. The number of hydrogen-bond donors (Lipinski definition) is 1. The van der Waals surface area contributed by atoms with E-state index in [1.54, 1.807) is 0 Å². The molecule has 0 saturated carbocycles. The maximum atomic E-state index is 13.4. The molecule has 0 radical (unpaired) electrons. The summed E-state index contributed by atoms with van der Waals surface area (Å²) in [7, 11) is 1.39. The van der Waals surface area contributed by atoms with Crippen LogP contribution in [0.15, 0.2) is 22.7 Å². The maximum Gasteiger partial charge on any atom is 0.258 e. The molecule has 0 amide bonds. The quantitative estimate of drug-likeness (QED) is 0.880. The van der Waals surface area contributed by atoms with Gasteiger partial charge in [-0.1, -0.05) is 5.16 Å². The average molecular weight is 295 g/mol. The zero-order valence-electron chi connectivity index (χ0n) is 12.2. The lowest BCUT2D eigenvalue weighted by Gasteiger charge is -2.10. The number of nitrogens with two attached hydrogens (primary N) is 1. The number of halogens is 1. The Morgan fingerprint density at radius 1 is 1.38 bits per heavy atom. The van der Waals surface area contributed by atoms with Crippen LogP contribution in [0.1, 0.15) is 25.7 Å². The van der Waals surface area contributed by atoms with E-state index in [1.165, 1.54) is 25.3 Å². The third-order valence-corrected chi connectivity index (χ3v) is 2.78. The van der Waals surface area contributed by atoms with Crippen LogP contribution < -0.4 is 10.5 Å². The molecule has 1 unspecified atom stereocenters. The molecule has 2 rings (SSSR count). The van der Waals surface area contributed by atoms with Crippen LogP contribution in [0, 0.1) is 5.82 Å². The van der Waals surface area contributed by atoms with Crippen molar-refractivity contribution < 1.29 is 18.4 Å². The Morgan fingerprint density at radius 2 is 2.14 bits per heavy atom. The first kappa shape index (κ1) is 15.4. The maximum absolute atomic E-state index is 13.4. The molecular formula is C14H18FN3O3. The first-order valence-corrected chi connectivity index (χ1v) is 6.56. The average Bonchev–Trinajstić information content (AvgIpc) is 2.95. The van der Waals surface area contributed by atoms with E-state index in [2.05, 4.69) is 10.1 Å². The van der Waals surface area contributed by atoms with E-state index in [9.17, 15) is 4.39 Å². The van der Waals surface area contributed by atoms with E-state index in [0.717, 1.165) is 0 Å². The Hall–Kier alpha value is -1.99. The number of benzene rings is 1. The summed E-state index contributed by atoms with van der Waals surface area (Å²) in [5, 5.41) is 3.82. The highest BCUT2D eigenvalue weighted by Crippen LogP contribution is 2.25. The zero-order chi connectivity index (χ0) is 15.4. The van der Waals surface area contributed by atoms with Crippen molar-refractivity contribution in [3.05, 3.63) is 29.8 Å². The minimum atomic E-state index is -0.479. The monoisotopic (exact) mass is 295 g/mol. The lowest BCUT2D eigenvalue weighted by Crippen LogP contribution is -2.20. The first-order valence-electron chi connectivity index (χ1n) is 6.56. The molecule has 1 aromatic heterocycles. The van der Waals surface area contributed by atoms with Crippen LogP contribution in [0.4, 0.5) is 4.39 Å². The molecule has 0 aliphatic carbocycles. The Bertz CT molecular complexity index is 601. The molecule has 0 aliphatic rings. The number of rotatable bonds is 6. The number of methoxy groups -OCH3 is 1. The minimum absolute atomic E-state index is 0.0729. The van der Waals surface area contributed by atoms with E-state index >= 15 is 0 Å². The lowest BCUT2D eigenvalue weighted by molar-refractivity contribution is 0.0665. The highest BCUT2D eigenvalue weighted by Gasteiger charge is 2.17. The fraction of sp³-hybridized carbons (Fsp3) is 0.429. The van der Waals surface area contributed by atoms with Gasteiger partial charge in [-0.25, -0.2) is 4.39 Å². The van der Waals surface area contributed by atoms with Crippen molar-refractivity contribution in [1.82, 2.24) is 10.1 Å². The second kappa shape index (κ2) is 6.64. The van der Waals surface area contributed by atoms with Gasteiger partial charge < -0.3 is 19.7 Å². The largest absolute Gasteiger partial charge is 0.494 e. The van der Waals surface area contributed by atoms with Crippen molar-refractivity contribution >= 4 is 0 Å². The Labute approximate surface area is 122 Å². The van der Waals surface area contributed by atoms with Gasteiger partial charge in [0.25, 0.3) is 5.89 Å². The summed E-state index contributed by atoms with van der Waals surface area (Å²) in [5.74, 6) is 0.250. The van der Waals surface area contributed by atoms with E-state index in [-0.39, 0.29) is 17.7 Å². The van der Waals surface area contributed by atoms with E-state index in [0.29, 0.717) is 18.0 Å². The number of nitrogens with zero attached hydrogens (tertiary/aromatic N) is 2. The fourth-order valence-electron chi connectivity index (χ4n) is 1.67. The van der Waals surface area contributed by atoms with E-state index in [4.69, 9.17) is 19.7 Å². The van der Waals surface area contributed by atoms with Crippen LogP contribution >= 0.6 is 0 Å². The zero-order valence-corrected chi connectivity index (χ0v) is 12.2.